The van der Waals surface area contributed by atoms with Gasteiger partial charge in [-0.15, -0.1) is 0 Å². The largest absolute Gasteiger partial charge is 0.497 e. The van der Waals surface area contributed by atoms with Crippen LogP contribution in [0.25, 0.3) is 6.08 Å². The van der Waals surface area contributed by atoms with Crippen molar-refractivity contribution in [3.05, 3.63) is 52.0 Å². The van der Waals surface area contributed by atoms with Crippen LogP contribution in [0.1, 0.15) is 5.56 Å². The van der Waals surface area contributed by atoms with E-state index < -0.39 is 0 Å². The minimum atomic E-state index is -0.357. The van der Waals surface area contributed by atoms with Crippen molar-refractivity contribution in [2.75, 3.05) is 26.6 Å². The van der Waals surface area contributed by atoms with Crippen molar-refractivity contribution in [1.29, 1.82) is 0 Å². The molecule has 0 radical (unpaired) electrons. The molecule has 0 aromatic heterocycles. The van der Waals surface area contributed by atoms with Crippen molar-refractivity contribution < 1.29 is 19.0 Å². The number of anilines is 1. The normalized spacial score (nSPS) is 10.6. The van der Waals surface area contributed by atoms with Crippen LogP contribution in [-0.4, -0.2) is 27.2 Å². The van der Waals surface area contributed by atoms with Crippen LogP contribution < -0.4 is 19.5 Å². The summed E-state index contributed by atoms with van der Waals surface area (Å²) in [5.74, 6) is 1.20. The average Bonchev–Trinajstić information content (AvgIpc) is 2.59. The van der Waals surface area contributed by atoms with Crippen molar-refractivity contribution in [3.63, 3.8) is 0 Å². The maximum atomic E-state index is 12.2. The number of rotatable bonds is 6. The standard InChI is InChI=1S/C18H17Cl2NO4/c1-23-13-5-6-16(24-2)15(10-13)21-17(22)7-4-11-8-12(19)9-14(20)18(11)25-3/h4-10H,1-3H3,(H,21,22)/b7-4-. The number of benzene rings is 2. The summed E-state index contributed by atoms with van der Waals surface area (Å²) in [7, 11) is 4.56. The molecule has 1 N–H and O–H groups in total. The molecule has 0 atom stereocenters. The second-order valence-electron chi connectivity index (χ2n) is 4.90. The Morgan fingerprint density at radius 2 is 1.80 bits per heavy atom. The van der Waals surface area contributed by atoms with Gasteiger partial charge in [0.25, 0.3) is 0 Å². The lowest BCUT2D eigenvalue weighted by Crippen LogP contribution is -2.09. The van der Waals surface area contributed by atoms with Gasteiger partial charge in [-0.1, -0.05) is 23.2 Å². The van der Waals surface area contributed by atoms with E-state index in [0.29, 0.717) is 38.5 Å². The number of nitrogens with one attached hydrogen (secondary N) is 1. The molecule has 0 saturated heterocycles. The highest BCUT2D eigenvalue weighted by molar-refractivity contribution is 6.36. The third-order valence-corrected chi connectivity index (χ3v) is 3.82. The molecule has 2 rings (SSSR count). The van der Waals surface area contributed by atoms with E-state index in [-0.39, 0.29) is 5.91 Å². The molecule has 132 valence electrons. The summed E-state index contributed by atoms with van der Waals surface area (Å²) < 4.78 is 15.6. The van der Waals surface area contributed by atoms with Gasteiger partial charge in [-0.05, 0) is 30.3 Å². The quantitative estimate of drug-likeness (QED) is 0.738. The second-order valence-corrected chi connectivity index (χ2v) is 5.74. The van der Waals surface area contributed by atoms with Crippen LogP contribution >= 0.6 is 23.2 Å². The first kappa shape index (κ1) is 19.0. The van der Waals surface area contributed by atoms with Gasteiger partial charge in [-0.25, -0.2) is 0 Å². The summed E-state index contributed by atoms with van der Waals surface area (Å²) in [5, 5.41) is 3.55. The summed E-state index contributed by atoms with van der Waals surface area (Å²) in [6.45, 7) is 0. The van der Waals surface area contributed by atoms with Crippen LogP contribution in [-0.2, 0) is 4.79 Å². The first-order valence-corrected chi connectivity index (χ1v) is 7.98. The lowest BCUT2D eigenvalue weighted by atomic mass is 10.2. The van der Waals surface area contributed by atoms with Gasteiger partial charge < -0.3 is 19.5 Å². The lowest BCUT2D eigenvalue weighted by Gasteiger charge is -2.11. The molecule has 0 spiro atoms. The average molecular weight is 382 g/mol. The molecule has 7 heteroatoms. The second kappa shape index (κ2) is 8.65. The van der Waals surface area contributed by atoms with Crippen molar-refractivity contribution in [2.24, 2.45) is 0 Å². The minimum Gasteiger partial charge on any atom is -0.497 e. The lowest BCUT2D eigenvalue weighted by molar-refractivity contribution is -0.111. The van der Waals surface area contributed by atoms with E-state index in [2.05, 4.69) is 5.32 Å². The van der Waals surface area contributed by atoms with Crippen LogP contribution in [0.5, 0.6) is 17.2 Å². The van der Waals surface area contributed by atoms with Crippen molar-refractivity contribution in [3.8, 4) is 17.2 Å². The summed E-state index contributed by atoms with van der Waals surface area (Å²) in [6, 6.07) is 8.34. The summed E-state index contributed by atoms with van der Waals surface area (Å²) in [6.07, 6.45) is 2.92. The molecule has 0 heterocycles. The molecule has 25 heavy (non-hydrogen) atoms. The SMILES string of the molecule is COc1ccc(OC)c(NC(=O)/C=C\c2cc(Cl)cc(Cl)c2OC)c1. The number of carbonyl (C=O) groups excluding carboxylic acids is 1. The van der Waals surface area contributed by atoms with E-state index in [1.165, 1.54) is 20.3 Å². The summed E-state index contributed by atoms with van der Waals surface area (Å²) in [5.41, 5.74) is 1.08. The zero-order valence-electron chi connectivity index (χ0n) is 13.9. The Morgan fingerprint density at radius 3 is 2.44 bits per heavy atom. The molecule has 0 fully saturated rings. The maximum absolute atomic E-state index is 12.2. The third kappa shape index (κ3) is 4.81. The molecular weight excluding hydrogens is 365 g/mol. The molecule has 0 unspecified atom stereocenters. The van der Waals surface area contributed by atoms with Gasteiger partial charge in [0.05, 0.1) is 32.0 Å². The van der Waals surface area contributed by atoms with Crippen molar-refractivity contribution in [1.82, 2.24) is 0 Å². The highest BCUT2D eigenvalue weighted by Gasteiger charge is 2.10. The first-order valence-electron chi connectivity index (χ1n) is 7.22. The Labute approximate surface area is 156 Å². The molecule has 2 aromatic rings. The topological polar surface area (TPSA) is 56.8 Å². The number of carbonyl (C=O) groups is 1. The monoisotopic (exact) mass is 381 g/mol. The number of halogens is 2. The van der Waals surface area contributed by atoms with Gasteiger partial charge >= 0.3 is 0 Å². The molecule has 2 aromatic carbocycles. The molecule has 0 saturated carbocycles. The van der Waals surface area contributed by atoms with E-state index in [1.807, 2.05) is 0 Å². The highest BCUT2D eigenvalue weighted by atomic mass is 35.5. The zero-order valence-corrected chi connectivity index (χ0v) is 15.4. The molecule has 0 bridgehead atoms. The fourth-order valence-corrected chi connectivity index (χ4v) is 2.76. The summed E-state index contributed by atoms with van der Waals surface area (Å²) >= 11 is 12.1. The van der Waals surface area contributed by atoms with Crippen LogP contribution in [0.4, 0.5) is 5.69 Å². The van der Waals surface area contributed by atoms with Gasteiger partial charge in [0.15, 0.2) is 0 Å². The predicted molar refractivity (Wildman–Crippen MR) is 100 cm³/mol. The van der Waals surface area contributed by atoms with Crippen molar-refractivity contribution >= 4 is 40.9 Å². The zero-order chi connectivity index (χ0) is 18.4. The third-order valence-electron chi connectivity index (χ3n) is 3.32. The molecular formula is C18H17Cl2NO4. The predicted octanol–water partition coefficient (Wildman–Crippen LogP) is 4.67. The molecule has 0 aliphatic carbocycles. The fraction of sp³-hybridized carbons (Fsp3) is 0.167. The molecule has 0 aliphatic rings. The smallest absolute Gasteiger partial charge is 0.248 e. The number of hydrogen-bond donors (Lipinski definition) is 1. The summed E-state index contributed by atoms with van der Waals surface area (Å²) in [4.78, 5) is 12.2. The van der Waals surface area contributed by atoms with Crippen molar-refractivity contribution in [2.45, 2.75) is 0 Å². The van der Waals surface area contributed by atoms with Gasteiger partial charge in [0.1, 0.15) is 17.2 Å². The van der Waals surface area contributed by atoms with Gasteiger partial charge in [-0.3, -0.25) is 4.79 Å². The number of methoxy groups -OCH3 is 3. The molecule has 1 amide bonds. The Balaban J connectivity index is 2.22. The van der Waals surface area contributed by atoms with E-state index in [9.17, 15) is 4.79 Å². The first-order chi connectivity index (χ1) is 12.0. The van der Waals surface area contributed by atoms with E-state index in [0.717, 1.165) is 0 Å². The molecule has 0 aliphatic heterocycles. The number of amides is 1. The van der Waals surface area contributed by atoms with Gasteiger partial charge in [-0.2, -0.15) is 0 Å². The van der Waals surface area contributed by atoms with Crippen LogP contribution in [0.2, 0.25) is 10.0 Å². The highest BCUT2D eigenvalue weighted by Crippen LogP contribution is 2.33. The maximum Gasteiger partial charge on any atom is 0.248 e. The van der Waals surface area contributed by atoms with E-state index in [1.54, 1.807) is 43.5 Å². The van der Waals surface area contributed by atoms with E-state index in [4.69, 9.17) is 37.4 Å². The van der Waals surface area contributed by atoms with Crippen LogP contribution in [0.15, 0.2) is 36.4 Å². The Bertz CT molecular complexity index is 806. The van der Waals surface area contributed by atoms with Crippen LogP contribution in [0, 0.1) is 0 Å². The Morgan fingerprint density at radius 1 is 1.04 bits per heavy atom. The fourth-order valence-electron chi connectivity index (χ4n) is 2.17. The Kier molecular flexibility index (Phi) is 6.56. The Hall–Kier alpha value is -2.37. The van der Waals surface area contributed by atoms with E-state index >= 15 is 0 Å². The van der Waals surface area contributed by atoms with Gasteiger partial charge in [0.2, 0.25) is 5.91 Å². The van der Waals surface area contributed by atoms with Crippen LogP contribution in [0.3, 0.4) is 0 Å². The number of hydrogen-bond acceptors (Lipinski definition) is 4. The minimum absolute atomic E-state index is 0.357. The van der Waals surface area contributed by atoms with Gasteiger partial charge in [0, 0.05) is 22.7 Å². The number of ether oxygens (including phenoxy) is 3. The molecule has 5 nitrogen and oxygen atoms in total.